The lowest BCUT2D eigenvalue weighted by Gasteiger charge is -2.28. The van der Waals surface area contributed by atoms with E-state index in [0.717, 1.165) is 29.5 Å². The average molecular weight is 689 g/mol. The number of hydrogen-bond acceptors (Lipinski definition) is 6. The first-order valence-electron chi connectivity index (χ1n) is 12.8. The molecule has 4 rings (SSSR count). The molecule has 0 aliphatic rings. The summed E-state index contributed by atoms with van der Waals surface area (Å²) in [7, 11) is -3.00. The van der Waals surface area contributed by atoms with Gasteiger partial charge in [-0.3, -0.25) is 13.9 Å². The van der Waals surface area contributed by atoms with Crippen molar-refractivity contribution in [3.05, 3.63) is 105 Å². The molecular formula is C29H26Cl2F3N3O5S2. The van der Waals surface area contributed by atoms with Gasteiger partial charge < -0.3 is 10.1 Å². The van der Waals surface area contributed by atoms with Crippen LogP contribution in [0.4, 0.5) is 13.2 Å². The SMILES string of the molecule is COc1cc(-n2c(C(C)(C)c3ccc(Cl)c(Cl)c3)cnc2SCc2c(F)cc(C(=O)NCCS(=O)(=O)O)cc2F)ccc1F. The molecule has 0 aliphatic heterocycles. The Kier molecular flexibility index (Phi) is 10.3. The van der Waals surface area contributed by atoms with Crippen molar-refractivity contribution >= 4 is 51.0 Å². The molecule has 0 bridgehead atoms. The molecule has 2 N–H and O–H groups in total. The zero-order valence-corrected chi connectivity index (χ0v) is 26.6. The topological polar surface area (TPSA) is 111 Å². The number of carbonyl (C=O) groups is 1. The Morgan fingerprint density at radius 3 is 2.34 bits per heavy atom. The number of ether oxygens (including phenoxy) is 1. The predicted molar refractivity (Wildman–Crippen MR) is 163 cm³/mol. The zero-order chi connectivity index (χ0) is 32.4. The first kappa shape index (κ1) is 33.7. The molecule has 0 atom stereocenters. The fraction of sp³-hybridized carbons (Fsp3) is 0.241. The minimum absolute atomic E-state index is 0.0204. The lowest BCUT2D eigenvalue weighted by atomic mass is 9.81. The van der Waals surface area contributed by atoms with Crippen LogP contribution in [-0.4, -0.2) is 47.8 Å². The highest BCUT2D eigenvalue weighted by molar-refractivity contribution is 7.98. The number of benzene rings is 3. The molecule has 0 unspecified atom stereocenters. The monoisotopic (exact) mass is 687 g/mol. The molecule has 44 heavy (non-hydrogen) atoms. The summed E-state index contributed by atoms with van der Waals surface area (Å²) in [5.41, 5.74) is 0.480. The second kappa shape index (κ2) is 13.4. The van der Waals surface area contributed by atoms with Crippen molar-refractivity contribution in [2.24, 2.45) is 0 Å². The predicted octanol–water partition coefficient (Wildman–Crippen LogP) is 6.84. The largest absolute Gasteiger partial charge is 0.494 e. The summed E-state index contributed by atoms with van der Waals surface area (Å²) >= 11 is 13.4. The number of aromatic nitrogens is 2. The number of nitrogens with one attached hydrogen (secondary N) is 1. The second-order valence-electron chi connectivity index (χ2n) is 10.1. The van der Waals surface area contributed by atoms with Gasteiger partial charge in [-0.25, -0.2) is 18.2 Å². The number of rotatable bonds is 11. The summed E-state index contributed by atoms with van der Waals surface area (Å²) < 4.78 is 81.8. The fourth-order valence-corrected chi connectivity index (χ4v) is 6.02. The molecule has 15 heteroatoms. The van der Waals surface area contributed by atoms with Crippen molar-refractivity contribution in [1.29, 1.82) is 0 Å². The molecule has 0 aliphatic carbocycles. The van der Waals surface area contributed by atoms with Crippen molar-refractivity contribution in [2.75, 3.05) is 19.4 Å². The van der Waals surface area contributed by atoms with E-state index in [0.29, 0.717) is 26.6 Å². The Hall–Kier alpha value is -3.23. The Labute approximate surface area is 266 Å². The fourth-order valence-electron chi connectivity index (χ4n) is 4.35. The number of thioether (sulfide) groups is 1. The van der Waals surface area contributed by atoms with Crippen LogP contribution in [0.3, 0.4) is 0 Å². The van der Waals surface area contributed by atoms with Gasteiger partial charge in [0.1, 0.15) is 11.6 Å². The minimum Gasteiger partial charge on any atom is -0.494 e. The first-order chi connectivity index (χ1) is 20.6. The van der Waals surface area contributed by atoms with Crippen molar-refractivity contribution < 1.29 is 35.7 Å². The number of imidazole rings is 1. The lowest BCUT2D eigenvalue weighted by Crippen LogP contribution is -2.29. The van der Waals surface area contributed by atoms with E-state index < -0.39 is 51.2 Å². The van der Waals surface area contributed by atoms with E-state index in [1.165, 1.54) is 25.3 Å². The third-order valence-corrected chi connectivity index (χ3v) is 9.24. The molecule has 234 valence electrons. The maximum atomic E-state index is 15.1. The number of hydrogen-bond donors (Lipinski definition) is 2. The Morgan fingerprint density at radius 2 is 1.73 bits per heavy atom. The molecule has 0 spiro atoms. The van der Waals surface area contributed by atoms with Crippen LogP contribution >= 0.6 is 35.0 Å². The minimum atomic E-state index is -4.33. The summed E-state index contributed by atoms with van der Waals surface area (Å²) in [6.45, 7) is 3.40. The maximum Gasteiger partial charge on any atom is 0.266 e. The summed E-state index contributed by atoms with van der Waals surface area (Å²) in [5.74, 6) is -4.51. The number of methoxy groups -OCH3 is 1. The molecular weight excluding hydrogens is 662 g/mol. The van der Waals surface area contributed by atoms with E-state index in [1.54, 1.807) is 22.9 Å². The van der Waals surface area contributed by atoms with E-state index in [9.17, 15) is 17.6 Å². The lowest BCUT2D eigenvalue weighted by molar-refractivity contribution is 0.0955. The summed E-state index contributed by atoms with van der Waals surface area (Å²) in [6, 6.07) is 11.1. The highest BCUT2D eigenvalue weighted by Gasteiger charge is 2.30. The number of nitrogens with zero attached hydrogens (tertiary/aromatic N) is 2. The van der Waals surface area contributed by atoms with Gasteiger partial charge >= 0.3 is 0 Å². The molecule has 0 fully saturated rings. The quantitative estimate of drug-likeness (QED) is 0.131. The van der Waals surface area contributed by atoms with Gasteiger partial charge in [-0.2, -0.15) is 8.42 Å². The number of carbonyl (C=O) groups excluding carboxylic acids is 1. The zero-order valence-electron chi connectivity index (χ0n) is 23.5. The summed E-state index contributed by atoms with van der Waals surface area (Å²) in [4.78, 5) is 16.8. The van der Waals surface area contributed by atoms with Crippen molar-refractivity contribution in [2.45, 2.75) is 30.2 Å². The van der Waals surface area contributed by atoms with Crippen molar-refractivity contribution in [3.8, 4) is 11.4 Å². The molecule has 0 radical (unpaired) electrons. The van der Waals surface area contributed by atoms with Crippen molar-refractivity contribution in [3.63, 3.8) is 0 Å². The van der Waals surface area contributed by atoms with E-state index >= 15 is 8.78 Å². The Balaban J connectivity index is 1.69. The summed E-state index contributed by atoms with van der Waals surface area (Å²) in [6.07, 6.45) is 1.60. The third kappa shape index (κ3) is 7.52. The van der Waals surface area contributed by atoms with Crippen LogP contribution in [0.15, 0.2) is 59.9 Å². The van der Waals surface area contributed by atoms with E-state index in [1.807, 2.05) is 19.9 Å². The van der Waals surface area contributed by atoms with Gasteiger partial charge in [-0.15, -0.1) is 0 Å². The third-order valence-electron chi connectivity index (χ3n) is 6.80. The van der Waals surface area contributed by atoms with E-state index in [2.05, 4.69) is 10.3 Å². The second-order valence-corrected chi connectivity index (χ2v) is 13.4. The Morgan fingerprint density at radius 1 is 1.05 bits per heavy atom. The van der Waals surface area contributed by atoms with Gasteiger partial charge in [0.25, 0.3) is 16.0 Å². The van der Waals surface area contributed by atoms with Crippen LogP contribution in [0.5, 0.6) is 5.75 Å². The highest BCUT2D eigenvalue weighted by atomic mass is 35.5. The number of amides is 1. The van der Waals surface area contributed by atoms with Crippen LogP contribution in [0.2, 0.25) is 10.0 Å². The van der Waals surface area contributed by atoms with Gasteiger partial charge in [0.2, 0.25) is 0 Å². The summed E-state index contributed by atoms with van der Waals surface area (Å²) in [5, 5.41) is 3.24. The molecule has 3 aromatic carbocycles. The van der Waals surface area contributed by atoms with Gasteiger partial charge in [-0.05, 0) is 42.0 Å². The van der Waals surface area contributed by atoms with Crippen LogP contribution < -0.4 is 10.1 Å². The van der Waals surface area contributed by atoms with Crippen molar-refractivity contribution in [1.82, 2.24) is 14.9 Å². The molecule has 8 nitrogen and oxygen atoms in total. The molecule has 1 heterocycles. The molecule has 1 amide bonds. The van der Waals surface area contributed by atoms with Crippen LogP contribution in [-0.2, 0) is 21.3 Å². The maximum absolute atomic E-state index is 15.1. The molecule has 0 saturated carbocycles. The number of halogens is 5. The van der Waals surface area contributed by atoms with E-state index in [4.69, 9.17) is 32.5 Å². The molecule has 4 aromatic rings. The first-order valence-corrected chi connectivity index (χ1v) is 16.2. The van der Waals surface area contributed by atoms with E-state index in [-0.39, 0.29) is 22.6 Å². The Bertz CT molecular complexity index is 1810. The standard InChI is InChI=1S/C29H26Cl2F3N3O5S2/c1-29(2,17-4-6-20(30)21(31)12-17)26-14-36-28(37(26)18-5-7-22(32)25(13-18)42-3)43-15-19-23(33)10-16(11-24(19)34)27(38)35-8-9-44(39,40)41/h4-7,10-14H,8-9,15H2,1-3H3,(H,35,38)(H,39,40,41). The van der Waals surface area contributed by atoms with Gasteiger partial charge in [0, 0.05) is 34.9 Å². The van der Waals surface area contributed by atoms with Crippen LogP contribution in [0.25, 0.3) is 5.69 Å². The van der Waals surface area contributed by atoms with Gasteiger partial charge in [-0.1, -0.05) is 54.9 Å². The molecule has 1 aromatic heterocycles. The average Bonchev–Trinajstić information content (AvgIpc) is 3.38. The van der Waals surface area contributed by atoms with Crippen LogP contribution in [0.1, 0.15) is 41.0 Å². The normalized spacial score (nSPS) is 11.9. The smallest absolute Gasteiger partial charge is 0.266 e. The van der Waals surface area contributed by atoms with Gasteiger partial charge in [0.05, 0.1) is 40.5 Å². The highest BCUT2D eigenvalue weighted by Crippen LogP contribution is 2.39. The van der Waals surface area contributed by atoms with Gasteiger partial charge in [0.15, 0.2) is 16.7 Å². The molecule has 0 saturated heterocycles. The van der Waals surface area contributed by atoms with Crippen LogP contribution in [0, 0.1) is 17.5 Å².